The second-order valence-electron chi connectivity index (χ2n) is 7.00. The van der Waals surface area contributed by atoms with Gasteiger partial charge >= 0.3 is 0 Å². The molecule has 2 rings (SSSR count). The molecule has 0 fully saturated rings. The van der Waals surface area contributed by atoms with E-state index in [1.54, 1.807) is 18.8 Å². The predicted molar refractivity (Wildman–Crippen MR) is 95.4 cm³/mol. The third kappa shape index (κ3) is 3.96. The molecule has 1 unspecified atom stereocenters. The van der Waals surface area contributed by atoms with Gasteiger partial charge in [-0.2, -0.15) is 5.10 Å². The highest BCUT2D eigenvalue weighted by molar-refractivity contribution is 5.93. The van der Waals surface area contributed by atoms with E-state index in [4.69, 9.17) is 4.74 Å². The summed E-state index contributed by atoms with van der Waals surface area (Å²) in [6.07, 6.45) is 0.808. The Balaban J connectivity index is 2.18. The highest BCUT2D eigenvalue weighted by atomic mass is 16.5. The first-order chi connectivity index (χ1) is 11.3. The SMILES string of the molecule is CCC(NC(=O)c1cc(C(C)(C)C)nn1C)c1ccc(OC)cc1. The van der Waals surface area contributed by atoms with Crippen molar-refractivity contribution < 1.29 is 9.53 Å². The Kier molecular flexibility index (Phi) is 5.32. The van der Waals surface area contributed by atoms with Crippen molar-refractivity contribution in [3.8, 4) is 5.75 Å². The number of aromatic nitrogens is 2. The molecule has 24 heavy (non-hydrogen) atoms. The summed E-state index contributed by atoms with van der Waals surface area (Å²) in [6, 6.07) is 9.61. The van der Waals surface area contributed by atoms with Crippen molar-refractivity contribution in [3.05, 3.63) is 47.3 Å². The molecule has 5 nitrogen and oxygen atoms in total. The zero-order valence-electron chi connectivity index (χ0n) is 15.4. The Hall–Kier alpha value is -2.30. The van der Waals surface area contributed by atoms with Crippen LogP contribution in [0.25, 0.3) is 0 Å². The van der Waals surface area contributed by atoms with Crippen LogP contribution >= 0.6 is 0 Å². The van der Waals surface area contributed by atoms with Crippen LogP contribution in [0.3, 0.4) is 0 Å². The first-order valence-corrected chi connectivity index (χ1v) is 8.25. The highest BCUT2D eigenvalue weighted by Crippen LogP contribution is 2.23. The summed E-state index contributed by atoms with van der Waals surface area (Å²) in [6.45, 7) is 8.31. The molecule has 1 aromatic heterocycles. The van der Waals surface area contributed by atoms with Gasteiger partial charge in [0.15, 0.2) is 0 Å². The molecule has 0 aliphatic carbocycles. The highest BCUT2D eigenvalue weighted by Gasteiger charge is 2.23. The number of rotatable bonds is 5. The van der Waals surface area contributed by atoms with Gasteiger partial charge in [-0.15, -0.1) is 0 Å². The van der Waals surface area contributed by atoms with Gasteiger partial charge in [-0.25, -0.2) is 0 Å². The van der Waals surface area contributed by atoms with Crippen molar-refractivity contribution in [2.24, 2.45) is 7.05 Å². The number of nitrogens with one attached hydrogen (secondary N) is 1. The summed E-state index contributed by atoms with van der Waals surface area (Å²) >= 11 is 0. The van der Waals surface area contributed by atoms with Crippen molar-refractivity contribution in [1.29, 1.82) is 0 Å². The number of methoxy groups -OCH3 is 1. The summed E-state index contributed by atoms with van der Waals surface area (Å²) in [5, 5.41) is 7.57. The standard InChI is InChI=1S/C19H27N3O2/c1-7-15(13-8-10-14(24-6)11-9-13)20-18(23)16-12-17(19(2,3)4)21-22(16)5/h8-12,15H,7H2,1-6H3,(H,20,23). The second kappa shape index (κ2) is 7.07. The third-order valence-corrected chi connectivity index (χ3v) is 4.11. The smallest absolute Gasteiger partial charge is 0.270 e. The topological polar surface area (TPSA) is 56.2 Å². The molecule has 0 radical (unpaired) electrons. The first-order valence-electron chi connectivity index (χ1n) is 8.25. The largest absolute Gasteiger partial charge is 0.497 e. The molecule has 0 aliphatic rings. The predicted octanol–water partition coefficient (Wildman–Crippen LogP) is 3.61. The number of carbonyl (C=O) groups is 1. The van der Waals surface area contributed by atoms with Crippen molar-refractivity contribution in [3.63, 3.8) is 0 Å². The van der Waals surface area contributed by atoms with E-state index in [0.29, 0.717) is 5.69 Å². The Morgan fingerprint density at radius 1 is 1.29 bits per heavy atom. The lowest BCUT2D eigenvalue weighted by molar-refractivity contribution is 0.0926. The second-order valence-corrected chi connectivity index (χ2v) is 7.00. The molecule has 2 aromatic rings. The Morgan fingerprint density at radius 2 is 1.92 bits per heavy atom. The molecule has 1 amide bonds. The minimum absolute atomic E-state index is 0.0450. The molecule has 0 bridgehead atoms. The number of hydrogen-bond acceptors (Lipinski definition) is 3. The van der Waals surface area contributed by atoms with Crippen LogP contribution in [0, 0.1) is 0 Å². The van der Waals surface area contributed by atoms with Crippen molar-refractivity contribution in [1.82, 2.24) is 15.1 Å². The van der Waals surface area contributed by atoms with Gasteiger partial charge in [-0.1, -0.05) is 39.8 Å². The maximum atomic E-state index is 12.7. The quantitative estimate of drug-likeness (QED) is 0.912. The molecule has 130 valence electrons. The van der Waals surface area contributed by atoms with E-state index in [0.717, 1.165) is 23.4 Å². The number of ether oxygens (including phenoxy) is 1. The van der Waals surface area contributed by atoms with Gasteiger partial charge in [0.25, 0.3) is 5.91 Å². The maximum absolute atomic E-state index is 12.7. The van der Waals surface area contributed by atoms with Crippen LogP contribution in [0.15, 0.2) is 30.3 Å². The monoisotopic (exact) mass is 329 g/mol. The lowest BCUT2D eigenvalue weighted by Gasteiger charge is -2.18. The fourth-order valence-corrected chi connectivity index (χ4v) is 2.54. The van der Waals surface area contributed by atoms with E-state index < -0.39 is 0 Å². The van der Waals surface area contributed by atoms with Crippen LogP contribution < -0.4 is 10.1 Å². The first kappa shape index (κ1) is 18.0. The summed E-state index contributed by atoms with van der Waals surface area (Å²) in [7, 11) is 3.45. The molecule has 0 aliphatic heterocycles. The van der Waals surface area contributed by atoms with Crippen LogP contribution in [0.5, 0.6) is 5.75 Å². The average Bonchev–Trinajstić information content (AvgIpc) is 2.95. The van der Waals surface area contributed by atoms with Gasteiger partial charge in [0.2, 0.25) is 0 Å². The molecule has 0 spiro atoms. The molecular weight excluding hydrogens is 302 g/mol. The number of hydrogen-bond donors (Lipinski definition) is 1. The molecular formula is C19H27N3O2. The molecule has 1 N–H and O–H groups in total. The van der Waals surface area contributed by atoms with E-state index >= 15 is 0 Å². The van der Waals surface area contributed by atoms with Crippen molar-refractivity contribution >= 4 is 5.91 Å². The summed E-state index contributed by atoms with van der Waals surface area (Å²) in [5.74, 6) is 0.699. The van der Waals surface area contributed by atoms with Gasteiger partial charge < -0.3 is 10.1 Å². The minimum Gasteiger partial charge on any atom is -0.497 e. The van der Waals surface area contributed by atoms with E-state index in [1.807, 2.05) is 30.3 Å². The number of amides is 1. The molecule has 1 aromatic carbocycles. The summed E-state index contributed by atoms with van der Waals surface area (Å²) in [5.41, 5.74) is 2.46. The fourth-order valence-electron chi connectivity index (χ4n) is 2.54. The fraction of sp³-hybridized carbons (Fsp3) is 0.474. The van der Waals surface area contributed by atoms with Gasteiger partial charge in [0.05, 0.1) is 18.8 Å². The van der Waals surface area contributed by atoms with Gasteiger partial charge in [0, 0.05) is 12.5 Å². The molecule has 1 heterocycles. The minimum atomic E-state index is -0.108. The summed E-state index contributed by atoms with van der Waals surface area (Å²) in [4.78, 5) is 12.7. The van der Waals surface area contributed by atoms with Gasteiger partial charge in [-0.05, 0) is 30.2 Å². The molecule has 0 saturated heterocycles. The molecule has 0 saturated carbocycles. The third-order valence-electron chi connectivity index (χ3n) is 4.11. The maximum Gasteiger partial charge on any atom is 0.270 e. The number of aryl methyl sites for hydroxylation is 1. The Morgan fingerprint density at radius 3 is 2.38 bits per heavy atom. The van der Waals surface area contributed by atoms with Gasteiger partial charge in [-0.3, -0.25) is 9.48 Å². The average molecular weight is 329 g/mol. The zero-order chi connectivity index (χ0) is 17.9. The Bertz CT molecular complexity index is 696. The summed E-state index contributed by atoms with van der Waals surface area (Å²) < 4.78 is 6.83. The van der Waals surface area contributed by atoms with Crippen LogP contribution in [0.1, 0.15) is 61.9 Å². The normalized spacial score (nSPS) is 12.8. The van der Waals surface area contributed by atoms with Crippen molar-refractivity contribution in [2.75, 3.05) is 7.11 Å². The number of carbonyl (C=O) groups excluding carboxylic acids is 1. The van der Waals surface area contributed by atoms with Crippen LogP contribution in [0.4, 0.5) is 0 Å². The number of nitrogens with zero attached hydrogens (tertiary/aromatic N) is 2. The lowest BCUT2D eigenvalue weighted by atomic mass is 9.92. The van der Waals surface area contributed by atoms with Crippen LogP contribution in [0.2, 0.25) is 0 Å². The van der Waals surface area contributed by atoms with E-state index in [1.165, 1.54) is 0 Å². The lowest BCUT2D eigenvalue weighted by Crippen LogP contribution is -2.29. The Labute approximate surface area is 144 Å². The van der Waals surface area contributed by atoms with E-state index in [-0.39, 0.29) is 17.4 Å². The van der Waals surface area contributed by atoms with Crippen LogP contribution in [-0.4, -0.2) is 22.8 Å². The van der Waals surface area contributed by atoms with E-state index in [9.17, 15) is 4.79 Å². The molecule has 5 heteroatoms. The van der Waals surface area contributed by atoms with E-state index in [2.05, 4.69) is 38.1 Å². The number of benzene rings is 1. The molecule has 1 atom stereocenters. The van der Waals surface area contributed by atoms with Crippen LogP contribution in [-0.2, 0) is 12.5 Å². The van der Waals surface area contributed by atoms with Gasteiger partial charge in [0.1, 0.15) is 11.4 Å². The zero-order valence-corrected chi connectivity index (χ0v) is 15.4. The van der Waals surface area contributed by atoms with Crippen molar-refractivity contribution in [2.45, 2.75) is 45.6 Å².